The Morgan fingerprint density at radius 3 is 3.00 bits per heavy atom. The van der Waals surface area contributed by atoms with E-state index >= 15 is 0 Å². The number of nitrogens with zero attached hydrogens (tertiary/aromatic N) is 3. The number of amides is 1. The van der Waals surface area contributed by atoms with E-state index in [1.165, 1.54) is 0 Å². The first kappa shape index (κ1) is 13.0. The Kier molecular flexibility index (Phi) is 3.25. The standard InChI is InChI=1S/C15H17N3O2S/c19-15(10-5-6-10)18-7-1-3-11(9-18)13-16-17-14(20-13)12-4-2-8-21-12/h2,4,8,10-11H,1,3,5-7,9H2/t11-/m1/s1. The van der Waals surface area contributed by atoms with E-state index in [0.29, 0.717) is 17.7 Å². The highest BCUT2D eigenvalue weighted by Gasteiger charge is 2.36. The topological polar surface area (TPSA) is 59.2 Å². The number of carbonyl (C=O) groups excluding carboxylic acids is 1. The molecule has 6 heteroatoms. The van der Waals surface area contributed by atoms with Crippen molar-refractivity contribution in [2.45, 2.75) is 31.6 Å². The number of piperidine rings is 1. The van der Waals surface area contributed by atoms with Crippen molar-refractivity contribution in [3.05, 3.63) is 23.4 Å². The summed E-state index contributed by atoms with van der Waals surface area (Å²) in [5.41, 5.74) is 0. The average Bonchev–Trinajstić information content (AvgIpc) is 3.03. The first-order chi connectivity index (χ1) is 10.3. The number of aromatic nitrogens is 2. The van der Waals surface area contributed by atoms with E-state index < -0.39 is 0 Å². The van der Waals surface area contributed by atoms with Gasteiger partial charge in [0.15, 0.2) is 0 Å². The maximum atomic E-state index is 12.2. The van der Waals surface area contributed by atoms with Crippen LogP contribution < -0.4 is 0 Å². The molecule has 5 nitrogen and oxygen atoms in total. The molecule has 0 radical (unpaired) electrons. The predicted molar refractivity (Wildman–Crippen MR) is 78.9 cm³/mol. The van der Waals surface area contributed by atoms with Crippen molar-refractivity contribution in [2.24, 2.45) is 5.92 Å². The monoisotopic (exact) mass is 303 g/mol. The zero-order chi connectivity index (χ0) is 14.2. The summed E-state index contributed by atoms with van der Waals surface area (Å²) in [6, 6.07) is 3.95. The van der Waals surface area contributed by atoms with E-state index in [2.05, 4.69) is 10.2 Å². The highest BCUT2D eigenvalue weighted by Crippen LogP contribution is 2.35. The summed E-state index contributed by atoms with van der Waals surface area (Å²) in [6.07, 6.45) is 4.15. The second-order valence-electron chi connectivity index (χ2n) is 5.82. The molecule has 1 saturated heterocycles. The molecule has 2 aromatic rings. The van der Waals surface area contributed by atoms with E-state index in [1.54, 1.807) is 11.3 Å². The van der Waals surface area contributed by atoms with Gasteiger partial charge in [-0.05, 0) is 37.1 Å². The Hall–Kier alpha value is -1.69. The van der Waals surface area contributed by atoms with Crippen molar-refractivity contribution >= 4 is 17.2 Å². The van der Waals surface area contributed by atoms with Gasteiger partial charge in [0, 0.05) is 19.0 Å². The van der Waals surface area contributed by atoms with E-state index in [4.69, 9.17) is 4.42 Å². The molecule has 4 rings (SSSR count). The average molecular weight is 303 g/mol. The van der Waals surface area contributed by atoms with Crippen LogP contribution in [0.3, 0.4) is 0 Å². The molecule has 0 aromatic carbocycles. The Labute approximate surface area is 127 Å². The highest BCUT2D eigenvalue weighted by molar-refractivity contribution is 7.13. The Morgan fingerprint density at radius 1 is 1.33 bits per heavy atom. The Morgan fingerprint density at radius 2 is 2.24 bits per heavy atom. The van der Waals surface area contributed by atoms with Gasteiger partial charge in [0.1, 0.15) is 0 Å². The molecule has 0 spiro atoms. The lowest BCUT2D eigenvalue weighted by Crippen LogP contribution is -2.40. The van der Waals surface area contributed by atoms with Crippen molar-refractivity contribution in [2.75, 3.05) is 13.1 Å². The molecular formula is C15H17N3O2S. The molecule has 1 saturated carbocycles. The molecule has 0 bridgehead atoms. The molecule has 1 amide bonds. The quantitative estimate of drug-likeness (QED) is 0.874. The molecule has 3 heterocycles. The largest absolute Gasteiger partial charge is 0.420 e. The van der Waals surface area contributed by atoms with Crippen LogP contribution in [0.15, 0.2) is 21.9 Å². The highest BCUT2D eigenvalue weighted by atomic mass is 32.1. The zero-order valence-electron chi connectivity index (χ0n) is 11.7. The number of thiophene rings is 1. The minimum Gasteiger partial charge on any atom is -0.420 e. The van der Waals surface area contributed by atoms with Gasteiger partial charge in [-0.25, -0.2) is 0 Å². The molecule has 1 atom stereocenters. The summed E-state index contributed by atoms with van der Waals surface area (Å²) < 4.78 is 5.82. The van der Waals surface area contributed by atoms with Gasteiger partial charge >= 0.3 is 0 Å². The van der Waals surface area contributed by atoms with E-state index in [0.717, 1.165) is 43.6 Å². The molecular weight excluding hydrogens is 286 g/mol. The summed E-state index contributed by atoms with van der Waals surface area (Å²) in [5.74, 6) is 2.05. The first-order valence-electron chi connectivity index (χ1n) is 7.47. The summed E-state index contributed by atoms with van der Waals surface area (Å²) in [6.45, 7) is 1.60. The van der Waals surface area contributed by atoms with Crippen LogP contribution in [-0.2, 0) is 4.79 Å². The molecule has 0 unspecified atom stereocenters. The van der Waals surface area contributed by atoms with Crippen LogP contribution in [-0.4, -0.2) is 34.1 Å². The fourth-order valence-corrected chi connectivity index (χ4v) is 3.51. The van der Waals surface area contributed by atoms with E-state index in [1.807, 2.05) is 22.4 Å². The zero-order valence-corrected chi connectivity index (χ0v) is 12.5. The van der Waals surface area contributed by atoms with Gasteiger partial charge in [-0.15, -0.1) is 21.5 Å². The van der Waals surface area contributed by atoms with Crippen LogP contribution in [0.4, 0.5) is 0 Å². The predicted octanol–water partition coefficient (Wildman–Crippen LogP) is 2.91. The van der Waals surface area contributed by atoms with Crippen LogP contribution in [0.25, 0.3) is 10.8 Å². The van der Waals surface area contributed by atoms with Gasteiger partial charge in [0.2, 0.25) is 11.8 Å². The second-order valence-corrected chi connectivity index (χ2v) is 6.77. The molecule has 21 heavy (non-hydrogen) atoms. The van der Waals surface area contributed by atoms with Gasteiger partial charge in [0.25, 0.3) is 5.89 Å². The fourth-order valence-electron chi connectivity index (χ4n) is 2.87. The summed E-state index contributed by atoms with van der Waals surface area (Å²) >= 11 is 1.59. The number of rotatable bonds is 3. The summed E-state index contributed by atoms with van der Waals surface area (Å²) in [7, 11) is 0. The van der Waals surface area contributed by atoms with Gasteiger partial charge in [-0.2, -0.15) is 0 Å². The lowest BCUT2D eigenvalue weighted by atomic mass is 9.97. The Bertz CT molecular complexity index is 633. The minimum absolute atomic E-state index is 0.183. The molecule has 2 aliphatic rings. The van der Waals surface area contributed by atoms with Crippen molar-refractivity contribution in [3.8, 4) is 10.8 Å². The van der Waals surface area contributed by atoms with Gasteiger partial charge in [-0.1, -0.05) is 6.07 Å². The summed E-state index contributed by atoms with van der Waals surface area (Å²) in [4.78, 5) is 15.2. The molecule has 1 aliphatic heterocycles. The third kappa shape index (κ3) is 2.60. The smallest absolute Gasteiger partial charge is 0.257 e. The Balaban J connectivity index is 1.49. The SMILES string of the molecule is O=C(C1CC1)N1CCC[C@@H](c2nnc(-c3cccs3)o2)C1. The number of likely N-dealkylation sites (tertiary alicyclic amines) is 1. The molecule has 0 N–H and O–H groups in total. The van der Waals surface area contributed by atoms with Gasteiger partial charge in [-0.3, -0.25) is 4.79 Å². The van der Waals surface area contributed by atoms with Crippen LogP contribution in [0.1, 0.15) is 37.5 Å². The van der Waals surface area contributed by atoms with Crippen molar-refractivity contribution < 1.29 is 9.21 Å². The lowest BCUT2D eigenvalue weighted by Gasteiger charge is -2.31. The van der Waals surface area contributed by atoms with Crippen molar-refractivity contribution in [1.29, 1.82) is 0 Å². The number of hydrogen-bond acceptors (Lipinski definition) is 5. The van der Waals surface area contributed by atoms with Gasteiger partial charge in [0.05, 0.1) is 10.8 Å². The maximum absolute atomic E-state index is 12.2. The molecule has 1 aliphatic carbocycles. The fraction of sp³-hybridized carbons (Fsp3) is 0.533. The van der Waals surface area contributed by atoms with Crippen molar-refractivity contribution in [3.63, 3.8) is 0 Å². The van der Waals surface area contributed by atoms with Crippen LogP contribution in [0.5, 0.6) is 0 Å². The normalized spacial score (nSPS) is 22.5. The van der Waals surface area contributed by atoms with Crippen molar-refractivity contribution in [1.82, 2.24) is 15.1 Å². The molecule has 2 fully saturated rings. The van der Waals surface area contributed by atoms with Gasteiger partial charge < -0.3 is 9.32 Å². The summed E-state index contributed by atoms with van der Waals surface area (Å²) in [5, 5.41) is 10.3. The molecule has 2 aromatic heterocycles. The number of carbonyl (C=O) groups is 1. The third-order valence-corrected chi connectivity index (χ3v) is 5.04. The second kappa shape index (κ2) is 5.26. The third-order valence-electron chi connectivity index (χ3n) is 4.18. The lowest BCUT2D eigenvalue weighted by molar-refractivity contribution is -0.133. The van der Waals surface area contributed by atoms with Crippen LogP contribution >= 0.6 is 11.3 Å². The van der Waals surface area contributed by atoms with Crippen LogP contribution in [0, 0.1) is 5.92 Å². The van der Waals surface area contributed by atoms with E-state index in [-0.39, 0.29) is 11.8 Å². The molecule has 110 valence electrons. The first-order valence-corrected chi connectivity index (χ1v) is 8.35. The van der Waals surface area contributed by atoms with Crippen LogP contribution in [0.2, 0.25) is 0 Å². The maximum Gasteiger partial charge on any atom is 0.257 e. The van der Waals surface area contributed by atoms with E-state index in [9.17, 15) is 4.79 Å². The minimum atomic E-state index is 0.183. The number of hydrogen-bond donors (Lipinski definition) is 0.